The summed E-state index contributed by atoms with van der Waals surface area (Å²) in [7, 11) is 0. The van der Waals surface area contributed by atoms with Crippen molar-refractivity contribution in [2.45, 2.75) is 43.6 Å². The highest BCUT2D eigenvalue weighted by Crippen LogP contribution is 2.15. The van der Waals surface area contributed by atoms with E-state index in [9.17, 15) is 10.2 Å². The van der Waals surface area contributed by atoms with Gasteiger partial charge in [0.05, 0.1) is 12.2 Å². The Bertz CT molecular complexity index is 352. The summed E-state index contributed by atoms with van der Waals surface area (Å²) in [5.74, 6) is 0. The molecule has 0 saturated carbocycles. The standard InChI is InChI=1S/C14H22N2O2/c15-11(9-10-5-2-1-3-6-10)13(17)14(18)12-7-4-8-16-12/h1-3,5-6,11-14,16-18H,4,7-9,15H2/t11-,12?,13-,14+/m1/s1. The molecular weight excluding hydrogens is 228 g/mol. The van der Waals surface area contributed by atoms with Crippen molar-refractivity contribution in [2.75, 3.05) is 6.54 Å². The third-order valence-electron chi connectivity index (χ3n) is 3.61. The van der Waals surface area contributed by atoms with Crippen molar-refractivity contribution >= 4 is 0 Å². The molecule has 0 bridgehead atoms. The number of nitrogens with two attached hydrogens (primary N) is 1. The van der Waals surface area contributed by atoms with E-state index >= 15 is 0 Å². The molecular formula is C14H22N2O2. The van der Waals surface area contributed by atoms with Gasteiger partial charge in [0.2, 0.25) is 0 Å². The van der Waals surface area contributed by atoms with E-state index in [1.54, 1.807) is 0 Å². The van der Waals surface area contributed by atoms with Gasteiger partial charge in [-0.3, -0.25) is 0 Å². The highest BCUT2D eigenvalue weighted by atomic mass is 16.3. The van der Waals surface area contributed by atoms with Crippen LogP contribution in [0.25, 0.3) is 0 Å². The number of nitrogens with one attached hydrogen (secondary N) is 1. The quantitative estimate of drug-likeness (QED) is 0.594. The maximum absolute atomic E-state index is 10.1. The molecule has 0 aromatic heterocycles. The molecule has 1 fully saturated rings. The fourth-order valence-corrected chi connectivity index (χ4v) is 2.50. The summed E-state index contributed by atoms with van der Waals surface area (Å²) >= 11 is 0. The first-order chi connectivity index (χ1) is 8.68. The van der Waals surface area contributed by atoms with Crippen molar-refractivity contribution in [1.29, 1.82) is 0 Å². The summed E-state index contributed by atoms with van der Waals surface area (Å²) in [4.78, 5) is 0. The van der Waals surface area contributed by atoms with Gasteiger partial charge >= 0.3 is 0 Å². The van der Waals surface area contributed by atoms with E-state index in [2.05, 4.69) is 5.32 Å². The average Bonchev–Trinajstić information content (AvgIpc) is 2.92. The topological polar surface area (TPSA) is 78.5 Å². The zero-order chi connectivity index (χ0) is 13.0. The summed E-state index contributed by atoms with van der Waals surface area (Å²) in [6.07, 6.45) is 0.844. The fraction of sp³-hybridized carbons (Fsp3) is 0.571. The van der Waals surface area contributed by atoms with E-state index in [0.29, 0.717) is 6.42 Å². The second-order valence-corrected chi connectivity index (χ2v) is 5.04. The first-order valence-corrected chi connectivity index (χ1v) is 6.57. The van der Waals surface area contributed by atoms with E-state index in [-0.39, 0.29) is 6.04 Å². The van der Waals surface area contributed by atoms with Crippen LogP contribution in [0.1, 0.15) is 18.4 Å². The van der Waals surface area contributed by atoms with Crippen molar-refractivity contribution in [3.63, 3.8) is 0 Å². The van der Waals surface area contributed by atoms with Gasteiger partial charge in [0, 0.05) is 12.1 Å². The lowest BCUT2D eigenvalue weighted by atomic mass is 9.94. The molecule has 5 N–H and O–H groups in total. The maximum atomic E-state index is 10.1. The van der Waals surface area contributed by atoms with Gasteiger partial charge in [0.1, 0.15) is 0 Å². The highest BCUT2D eigenvalue weighted by molar-refractivity contribution is 5.16. The summed E-state index contributed by atoms with van der Waals surface area (Å²) in [5, 5.41) is 23.4. The predicted molar refractivity (Wildman–Crippen MR) is 71.2 cm³/mol. The zero-order valence-electron chi connectivity index (χ0n) is 10.5. The Morgan fingerprint density at radius 2 is 2.00 bits per heavy atom. The Labute approximate surface area is 108 Å². The number of hydrogen-bond donors (Lipinski definition) is 4. The summed E-state index contributed by atoms with van der Waals surface area (Å²) in [5.41, 5.74) is 7.06. The molecule has 100 valence electrons. The van der Waals surface area contributed by atoms with E-state index < -0.39 is 18.2 Å². The molecule has 4 heteroatoms. The molecule has 0 radical (unpaired) electrons. The number of aliphatic hydroxyl groups is 2. The van der Waals surface area contributed by atoms with Crippen LogP contribution >= 0.6 is 0 Å². The molecule has 18 heavy (non-hydrogen) atoms. The Balaban J connectivity index is 1.89. The largest absolute Gasteiger partial charge is 0.389 e. The predicted octanol–water partition coefficient (Wildman–Crippen LogP) is 0.0302. The molecule has 1 aromatic rings. The van der Waals surface area contributed by atoms with Crippen LogP contribution in [-0.4, -0.2) is 41.0 Å². The van der Waals surface area contributed by atoms with E-state index in [1.807, 2.05) is 30.3 Å². The molecule has 1 aromatic carbocycles. The molecule has 4 atom stereocenters. The van der Waals surface area contributed by atoms with Gasteiger partial charge < -0.3 is 21.3 Å². The average molecular weight is 250 g/mol. The van der Waals surface area contributed by atoms with Gasteiger partial charge in [0.25, 0.3) is 0 Å². The number of hydrogen-bond acceptors (Lipinski definition) is 4. The number of rotatable bonds is 5. The van der Waals surface area contributed by atoms with Gasteiger partial charge in [-0.25, -0.2) is 0 Å². The molecule has 0 aliphatic carbocycles. The zero-order valence-corrected chi connectivity index (χ0v) is 10.5. The molecule has 1 aliphatic heterocycles. The summed E-state index contributed by atoms with van der Waals surface area (Å²) < 4.78 is 0. The van der Waals surface area contributed by atoms with Crippen LogP contribution in [0.15, 0.2) is 30.3 Å². The maximum Gasteiger partial charge on any atom is 0.0968 e. The minimum Gasteiger partial charge on any atom is -0.389 e. The second-order valence-electron chi connectivity index (χ2n) is 5.04. The SMILES string of the molecule is N[C@H](Cc1ccccc1)[C@@H](O)[C@@H](O)C1CCCN1. The van der Waals surface area contributed by atoms with E-state index in [0.717, 1.165) is 24.9 Å². The van der Waals surface area contributed by atoms with E-state index in [4.69, 9.17) is 5.73 Å². The third-order valence-corrected chi connectivity index (χ3v) is 3.61. The van der Waals surface area contributed by atoms with Crippen molar-refractivity contribution in [2.24, 2.45) is 5.73 Å². The van der Waals surface area contributed by atoms with E-state index in [1.165, 1.54) is 0 Å². The van der Waals surface area contributed by atoms with Crippen LogP contribution in [0, 0.1) is 0 Å². The van der Waals surface area contributed by atoms with Crippen LogP contribution in [0.4, 0.5) is 0 Å². The second kappa shape index (κ2) is 6.29. The van der Waals surface area contributed by atoms with Crippen molar-refractivity contribution in [1.82, 2.24) is 5.32 Å². The van der Waals surface area contributed by atoms with Gasteiger partial charge in [0.15, 0.2) is 0 Å². The lowest BCUT2D eigenvalue weighted by molar-refractivity contribution is -0.0135. The molecule has 1 aliphatic rings. The number of aliphatic hydroxyl groups excluding tert-OH is 2. The van der Waals surface area contributed by atoms with Crippen LogP contribution in [-0.2, 0) is 6.42 Å². The van der Waals surface area contributed by atoms with Crippen LogP contribution in [0.2, 0.25) is 0 Å². The summed E-state index contributed by atoms with van der Waals surface area (Å²) in [6.45, 7) is 0.905. The van der Waals surface area contributed by atoms with Gasteiger partial charge in [-0.2, -0.15) is 0 Å². The summed E-state index contributed by atoms with van der Waals surface area (Å²) in [6, 6.07) is 9.33. The van der Waals surface area contributed by atoms with Crippen molar-refractivity contribution < 1.29 is 10.2 Å². The normalized spacial score (nSPS) is 24.7. The Kier molecular flexibility index (Phi) is 4.72. The van der Waals surface area contributed by atoms with Crippen LogP contribution < -0.4 is 11.1 Å². The van der Waals surface area contributed by atoms with Gasteiger partial charge in [-0.05, 0) is 31.4 Å². The number of benzene rings is 1. The fourth-order valence-electron chi connectivity index (χ4n) is 2.50. The monoisotopic (exact) mass is 250 g/mol. The van der Waals surface area contributed by atoms with Crippen LogP contribution in [0.3, 0.4) is 0 Å². The first-order valence-electron chi connectivity index (χ1n) is 6.57. The molecule has 1 saturated heterocycles. The third kappa shape index (κ3) is 3.29. The molecule has 2 rings (SSSR count). The Hall–Kier alpha value is -0.940. The van der Waals surface area contributed by atoms with Crippen molar-refractivity contribution in [3.8, 4) is 0 Å². The highest BCUT2D eigenvalue weighted by Gasteiger charge is 2.31. The lowest BCUT2D eigenvalue weighted by Crippen LogP contribution is -2.51. The molecule has 0 spiro atoms. The Morgan fingerprint density at radius 1 is 1.28 bits per heavy atom. The van der Waals surface area contributed by atoms with Gasteiger partial charge in [-0.15, -0.1) is 0 Å². The lowest BCUT2D eigenvalue weighted by Gasteiger charge is -2.28. The Morgan fingerprint density at radius 3 is 2.61 bits per heavy atom. The smallest absolute Gasteiger partial charge is 0.0968 e. The molecule has 1 heterocycles. The minimum atomic E-state index is -0.888. The van der Waals surface area contributed by atoms with Gasteiger partial charge in [-0.1, -0.05) is 30.3 Å². The molecule has 1 unspecified atom stereocenters. The first kappa shape index (κ1) is 13.5. The molecule has 0 amide bonds. The minimum absolute atomic E-state index is 0.0261. The van der Waals surface area contributed by atoms with Crippen LogP contribution in [0.5, 0.6) is 0 Å². The molecule has 4 nitrogen and oxygen atoms in total. The van der Waals surface area contributed by atoms with Crippen molar-refractivity contribution in [3.05, 3.63) is 35.9 Å².